The minimum Gasteiger partial charge on any atom is -0.408 e. The fraction of sp³-hybridized carbons (Fsp3) is 0.167. The molecule has 33 heavy (non-hydrogen) atoms. The van der Waals surface area contributed by atoms with Crippen molar-refractivity contribution in [3.05, 3.63) is 89.2 Å². The van der Waals surface area contributed by atoms with Crippen molar-refractivity contribution in [3.63, 3.8) is 0 Å². The van der Waals surface area contributed by atoms with E-state index in [0.29, 0.717) is 5.52 Å². The van der Waals surface area contributed by atoms with E-state index in [9.17, 15) is 13.2 Å². The normalized spacial score (nSPS) is 13.2. The number of benzene rings is 3. The summed E-state index contributed by atoms with van der Waals surface area (Å²) in [7, 11) is -0.696. The fourth-order valence-electron chi connectivity index (χ4n) is 3.94. The molecule has 2 aromatic heterocycles. The molecule has 0 saturated carbocycles. The summed E-state index contributed by atoms with van der Waals surface area (Å²) in [6, 6.07) is 19.7. The molecule has 168 valence electrons. The number of aryl methyl sites for hydroxylation is 1. The van der Waals surface area contributed by atoms with Gasteiger partial charge in [0.2, 0.25) is 10.0 Å². The maximum absolute atomic E-state index is 13.3. The van der Waals surface area contributed by atoms with E-state index in [-0.39, 0.29) is 10.5 Å². The van der Waals surface area contributed by atoms with Gasteiger partial charge in [0.25, 0.3) is 0 Å². The topological polar surface area (TPSA) is 90.3 Å². The third kappa shape index (κ3) is 3.46. The number of hydrogen-bond donors (Lipinski definition) is 0. The average molecular weight is 463 g/mol. The number of fused-ring (bicyclic) bond motifs is 2. The molecule has 1 atom stereocenters. The van der Waals surface area contributed by atoms with Crippen molar-refractivity contribution in [1.82, 2.24) is 18.4 Å². The molecule has 5 rings (SSSR count). The van der Waals surface area contributed by atoms with Crippen LogP contribution in [-0.4, -0.2) is 33.9 Å². The van der Waals surface area contributed by atoms with Gasteiger partial charge in [-0.2, -0.15) is 4.31 Å². The Balaban J connectivity index is 1.44. The highest BCUT2D eigenvalue weighted by molar-refractivity contribution is 7.89. The first kappa shape index (κ1) is 21.2. The Kier molecular flexibility index (Phi) is 4.95. The predicted octanol–water partition coefficient (Wildman–Crippen LogP) is 3.85. The minimum atomic E-state index is -3.82. The molecule has 3 aromatic carbocycles. The number of sulfonamides is 1. The highest BCUT2D eigenvalue weighted by atomic mass is 32.2. The van der Waals surface area contributed by atoms with Gasteiger partial charge in [-0.05, 0) is 48.9 Å². The van der Waals surface area contributed by atoms with Crippen LogP contribution in [0.2, 0.25) is 0 Å². The maximum atomic E-state index is 13.3. The molecule has 8 nitrogen and oxygen atoms in total. The van der Waals surface area contributed by atoms with Crippen LogP contribution in [0.3, 0.4) is 0 Å². The number of para-hydroxylation sites is 2. The molecule has 5 aromatic rings. The molecular weight excluding hydrogens is 440 g/mol. The van der Waals surface area contributed by atoms with Crippen LogP contribution in [0.4, 0.5) is 0 Å². The van der Waals surface area contributed by atoms with Gasteiger partial charge in [0.15, 0.2) is 5.58 Å². The number of imidazole rings is 1. The summed E-state index contributed by atoms with van der Waals surface area (Å²) in [5, 5.41) is 0. The van der Waals surface area contributed by atoms with Gasteiger partial charge in [0.05, 0.1) is 21.4 Å². The van der Waals surface area contributed by atoms with Gasteiger partial charge >= 0.3 is 5.76 Å². The lowest BCUT2D eigenvalue weighted by atomic mass is 10.1. The molecule has 0 bridgehead atoms. The molecule has 0 amide bonds. The molecule has 0 unspecified atom stereocenters. The van der Waals surface area contributed by atoms with Gasteiger partial charge in [0.1, 0.15) is 6.33 Å². The Morgan fingerprint density at radius 3 is 2.48 bits per heavy atom. The van der Waals surface area contributed by atoms with Crippen molar-refractivity contribution in [2.24, 2.45) is 7.05 Å². The lowest BCUT2D eigenvalue weighted by Crippen LogP contribution is -2.29. The Hall–Kier alpha value is -3.69. The summed E-state index contributed by atoms with van der Waals surface area (Å²) >= 11 is 0. The second kappa shape index (κ2) is 7.72. The Bertz CT molecular complexity index is 1650. The van der Waals surface area contributed by atoms with E-state index in [1.165, 1.54) is 21.0 Å². The number of nitrogens with zero attached hydrogens (tertiary/aromatic N) is 4. The van der Waals surface area contributed by atoms with Crippen molar-refractivity contribution in [2.75, 3.05) is 7.05 Å². The lowest BCUT2D eigenvalue weighted by molar-refractivity contribution is 0.398. The number of rotatable bonds is 5. The van der Waals surface area contributed by atoms with Crippen LogP contribution in [0.1, 0.15) is 18.5 Å². The van der Waals surface area contributed by atoms with Crippen LogP contribution < -0.4 is 5.76 Å². The summed E-state index contributed by atoms with van der Waals surface area (Å²) < 4.78 is 36.3. The SMILES string of the molecule is C[C@H](c1ccc(-n2cnc3ccccc32)cc1)N(C)S(=O)(=O)c1ccc2c(c1)oc(=O)n2C. The molecule has 2 heterocycles. The van der Waals surface area contributed by atoms with Gasteiger partial charge in [0, 0.05) is 31.9 Å². The zero-order chi connectivity index (χ0) is 23.3. The van der Waals surface area contributed by atoms with E-state index >= 15 is 0 Å². The standard InChI is InChI=1S/C24H22N4O4S/c1-16(17-8-10-18(11-9-17)28-15-25-20-6-4-5-7-21(20)28)27(3)33(30,31)19-12-13-22-23(14-19)32-24(29)26(22)2/h4-16H,1-3H3/t16-/m1/s1. The van der Waals surface area contributed by atoms with Crippen molar-refractivity contribution < 1.29 is 12.8 Å². The number of aromatic nitrogens is 3. The molecule has 0 spiro atoms. The molecule has 9 heteroatoms. The van der Waals surface area contributed by atoms with Crippen molar-refractivity contribution in [1.29, 1.82) is 0 Å². The maximum Gasteiger partial charge on any atom is 0.419 e. The first-order chi connectivity index (χ1) is 15.8. The van der Waals surface area contributed by atoms with E-state index in [4.69, 9.17) is 4.42 Å². The highest BCUT2D eigenvalue weighted by Gasteiger charge is 2.27. The highest BCUT2D eigenvalue weighted by Crippen LogP contribution is 2.28. The third-order valence-electron chi connectivity index (χ3n) is 6.09. The molecular formula is C24H22N4O4S. The van der Waals surface area contributed by atoms with Crippen molar-refractivity contribution in [3.8, 4) is 5.69 Å². The molecule has 0 aliphatic carbocycles. The summed E-state index contributed by atoms with van der Waals surface area (Å²) in [6.07, 6.45) is 1.78. The second-order valence-electron chi connectivity index (χ2n) is 7.95. The Labute approximate surface area is 190 Å². The Morgan fingerprint density at radius 1 is 1.00 bits per heavy atom. The van der Waals surface area contributed by atoms with Crippen LogP contribution in [0.5, 0.6) is 0 Å². The van der Waals surface area contributed by atoms with Gasteiger partial charge in [-0.15, -0.1) is 0 Å². The molecule has 0 N–H and O–H groups in total. The van der Waals surface area contributed by atoms with Gasteiger partial charge < -0.3 is 4.42 Å². The number of hydrogen-bond acceptors (Lipinski definition) is 5. The zero-order valence-corrected chi connectivity index (χ0v) is 19.2. The summed E-state index contributed by atoms with van der Waals surface area (Å²) in [4.78, 5) is 16.2. The van der Waals surface area contributed by atoms with Crippen LogP contribution in [-0.2, 0) is 17.1 Å². The smallest absolute Gasteiger partial charge is 0.408 e. The third-order valence-corrected chi connectivity index (χ3v) is 8.02. The van der Waals surface area contributed by atoms with Crippen LogP contribution in [0.15, 0.2) is 87.2 Å². The van der Waals surface area contributed by atoms with E-state index in [1.807, 2.05) is 60.0 Å². The van der Waals surface area contributed by atoms with Crippen LogP contribution >= 0.6 is 0 Å². The largest absolute Gasteiger partial charge is 0.419 e. The fourth-order valence-corrected chi connectivity index (χ4v) is 5.30. The minimum absolute atomic E-state index is 0.0696. The second-order valence-corrected chi connectivity index (χ2v) is 9.95. The first-order valence-corrected chi connectivity index (χ1v) is 11.8. The van der Waals surface area contributed by atoms with Crippen molar-refractivity contribution >= 4 is 32.2 Å². The molecule has 0 radical (unpaired) electrons. The zero-order valence-electron chi connectivity index (χ0n) is 18.3. The molecule has 0 fully saturated rings. The van der Waals surface area contributed by atoms with E-state index < -0.39 is 21.8 Å². The van der Waals surface area contributed by atoms with Gasteiger partial charge in [-0.25, -0.2) is 18.2 Å². The summed E-state index contributed by atoms with van der Waals surface area (Å²) in [5.41, 5.74) is 4.48. The summed E-state index contributed by atoms with van der Waals surface area (Å²) in [5.74, 6) is -0.535. The van der Waals surface area contributed by atoms with Crippen LogP contribution in [0.25, 0.3) is 27.8 Å². The predicted molar refractivity (Wildman–Crippen MR) is 126 cm³/mol. The van der Waals surface area contributed by atoms with E-state index in [1.54, 1.807) is 26.5 Å². The molecule has 0 aliphatic rings. The van der Waals surface area contributed by atoms with Gasteiger partial charge in [-0.3, -0.25) is 9.13 Å². The van der Waals surface area contributed by atoms with E-state index in [0.717, 1.165) is 22.3 Å². The average Bonchev–Trinajstić information content (AvgIpc) is 3.38. The summed E-state index contributed by atoms with van der Waals surface area (Å²) in [6.45, 7) is 1.83. The molecule has 0 saturated heterocycles. The van der Waals surface area contributed by atoms with E-state index in [2.05, 4.69) is 4.98 Å². The quantitative estimate of drug-likeness (QED) is 0.396. The molecule has 0 aliphatic heterocycles. The van der Waals surface area contributed by atoms with Gasteiger partial charge in [-0.1, -0.05) is 24.3 Å². The Morgan fingerprint density at radius 2 is 1.73 bits per heavy atom. The van der Waals surface area contributed by atoms with Crippen LogP contribution in [0, 0.1) is 0 Å². The monoisotopic (exact) mass is 462 g/mol. The number of oxazole rings is 1. The van der Waals surface area contributed by atoms with Crippen molar-refractivity contribution in [2.45, 2.75) is 17.9 Å². The first-order valence-electron chi connectivity index (χ1n) is 10.4. The lowest BCUT2D eigenvalue weighted by Gasteiger charge is -2.25.